The molecule has 1 fully saturated rings. The molecule has 0 radical (unpaired) electrons. The molecular formula is C32H29F3N4O2S. The molecule has 4 heterocycles. The van der Waals surface area contributed by atoms with Crippen molar-refractivity contribution in [2.75, 3.05) is 34.8 Å². The second-order valence-corrected chi connectivity index (χ2v) is 11.9. The van der Waals surface area contributed by atoms with E-state index in [0.29, 0.717) is 47.9 Å². The van der Waals surface area contributed by atoms with Gasteiger partial charge < -0.3 is 15.1 Å². The van der Waals surface area contributed by atoms with E-state index in [2.05, 4.69) is 10.3 Å². The highest BCUT2D eigenvalue weighted by Gasteiger charge is 2.42. The number of nitrogens with one attached hydrogen (secondary N) is 1. The Balaban J connectivity index is 1.28. The zero-order valence-corrected chi connectivity index (χ0v) is 24.0. The predicted octanol–water partition coefficient (Wildman–Crippen LogP) is 7.19. The number of carbonyl (C=O) groups excluding carboxylic acids is 2. The van der Waals surface area contributed by atoms with E-state index < -0.39 is 30.1 Å². The summed E-state index contributed by atoms with van der Waals surface area (Å²) in [6.45, 7) is 3.63. The van der Waals surface area contributed by atoms with Gasteiger partial charge in [0.15, 0.2) is 0 Å². The maximum Gasteiger partial charge on any atom is 0.276 e. The van der Waals surface area contributed by atoms with Crippen molar-refractivity contribution in [2.24, 2.45) is 5.92 Å². The number of aryl methyl sites for hydroxylation is 1. The number of aromatic nitrogens is 1. The van der Waals surface area contributed by atoms with Crippen LogP contribution in [0.1, 0.15) is 44.6 Å². The summed E-state index contributed by atoms with van der Waals surface area (Å²) in [4.78, 5) is 36.0. The van der Waals surface area contributed by atoms with E-state index in [4.69, 9.17) is 0 Å². The fourth-order valence-electron chi connectivity index (χ4n) is 5.49. The Bertz CT molecular complexity index is 1670. The highest BCUT2D eigenvalue weighted by Crippen LogP contribution is 2.42. The van der Waals surface area contributed by atoms with Gasteiger partial charge in [-0.25, -0.2) is 18.2 Å². The molecule has 0 saturated carbocycles. The Hall–Kier alpha value is -4.18. The van der Waals surface area contributed by atoms with Crippen molar-refractivity contribution in [3.05, 3.63) is 94.2 Å². The lowest BCUT2D eigenvalue weighted by Crippen LogP contribution is -2.48. The maximum atomic E-state index is 14.4. The molecule has 0 bridgehead atoms. The molecule has 216 valence electrons. The summed E-state index contributed by atoms with van der Waals surface area (Å²) < 4.78 is 43.2. The first kappa shape index (κ1) is 28.0. The molecule has 1 saturated heterocycles. The fourth-order valence-corrected chi connectivity index (χ4v) is 6.63. The van der Waals surface area contributed by atoms with Crippen molar-refractivity contribution in [1.82, 2.24) is 4.98 Å². The summed E-state index contributed by atoms with van der Waals surface area (Å²) in [5.41, 5.74) is 3.33. The van der Waals surface area contributed by atoms with E-state index in [9.17, 15) is 22.8 Å². The second kappa shape index (κ2) is 10.9. The van der Waals surface area contributed by atoms with Gasteiger partial charge in [-0.2, -0.15) is 0 Å². The van der Waals surface area contributed by atoms with Gasteiger partial charge in [-0.1, -0.05) is 43.3 Å². The molecule has 1 unspecified atom stereocenters. The Kier molecular flexibility index (Phi) is 7.26. The molecule has 42 heavy (non-hydrogen) atoms. The number of amides is 2. The third kappa shape index (κ3) is 5.15. The van der Waals surface area contributed by atoms with Gasteiger partial charge in [-0.15, -0.1) is 11.3 Å². The van der Waals surface area contributed by atoms with E-state index in [1.54, 1.807) is 60.0 Å². The van der Waals surface area contributed by atoms with E-state index in [0.717, 1.165) is 16.0 Å². The zero-order valence-electron chi connectivity index (χ0n) is 23.2. The maximum absolute atomic E-state index is 14.4. The Morgan fingerprint density at radius 2 is 1.83 bits per heavy atom. The minimum Gasteiger partial charge on any atom is -0.351 e. The first-order valence-corrected chi connectivity index (χ1v) is 14.6. The van der Waals surface area contributed by atoms with Crippen LogP contribution in [-0.4, -0.2) is 42.4 Å². The predicted molar refractivity (Wildman–Crippen MR) is 159 cm³/mol. The van der Waals surface area contributed by atoms with E-state index >= 15 is 0 Å². The van der Waals surface area contributed by atoms with Gasteiger partial charge in [0, 0.05) is 29.4 Å². The first-order chi connectivity index (χ1) is 20.1. The number of rotatable bonds is 4. The summed E-state index contributed by atoms with van der Waals surface area (Å²) >= 11 is 1.30. The molecule has 2 amide bonds. The van der Waals surface area contributed by atoms with Gasteiger partial charge in [0.25, 0.3) is 17.7 Å². The number of fused-ring (bicyclic) bond motifs is 3. The van der Waals surface area contributed by atoms with Crippen LogP contribution in [0, 0.1) is 18.7 Å². The van der Waals surface area contributed by atoms with E-state index in [-0.39, 0.29) is 17.3 Å². The van der Waals surface area contributed by atoms with Gasteiger partial charge in [-0.3, -0.25) is 9.59 Å². The van der Waals surface area contributed by atoms with Gasteiger partial charge in [0.1, 0.15) is 17.3 Å². The molecule has 0 spiro atoms. The van der Waals surface area contributed by atoms with Crippen LogP contribution in [-0.2, 0) is 6.42 Å². The van der Waals surface area contributed by atoms with Crippen LogP contribution >= 0.6 is 11.3 Å². The van der Waals surface area contributed by atoms with Crippen LogP contribution in [0.2, 0.25) is 0 Å². The number of pyridine rings is 1. The number of alkyl halides is 2. The molecule has 6 nitrogen and oxygen atoms in total. The molecule has 6 rings (SSSR count). The molecule has 0 aliphatic carbocycles. The highest BCUT2D eigenvalue weighted by molar-refractivity contribution is 7.17. The number of benzene rings is 2. The third-order valence-electron chi connectivity index (χ3n) is 8.01. The normalized spacial score (nSPS) is 17.7. The van der Waals surface area contributed by atoms with Crippen molar-refractivity contribution in [3.8, 4) is 10.4 Å². The smallest absolute Gasteiger partial charge is 0.276 e. The number of hydrogen-bond donors (Lipinski definition) is 1. The van der Waals surface area contributed by atoms with Gasteiger partial charge in [-0.05, 0) is 61.2 Å². The summed E-state index contributed by atoms with van der Waals surface area (Å²) in [5.74, 6) is -4.40. The number of para-hydroxylation sites is 2. The standard InChI is InChI=1S/C32H29F3N4O2S/c1-19-7-5-9-23(33)28(19)37-30(40)26-17-21-14-16-39(25-11-4-3-8-22(25)29(21)42-26)31(41)24-10-6-12-27(36-24)38-15-13-20(2)32(34,35)18-38/h3-12,17,20H,13-16,18H2,1-2H3,(H,37,40). The number of anilines is 3. The summed E-state index contributed by atoms with van der Waals surface area (Å²) in [7, 11) is 0. The summed E-state index contributed by atoms with van der Waals surface area (Å²) in [5, 5.41) is 2.70. The Morgan fingerprint density at radius 1 is 1.05 bits per heavy atom. The number of hydrogen-bond acceptors (Lipinski definition) is 5. The monoisotopic (exact) mass is 590 g/mol. The molecule has 4 aromatic rings. The largest absolute Gasteiger partial charge is 0.351 e. The number of nitrogens with zero attached hydrogens (tertiary/aromatic N) is 3. The lowest BCUT2D eigenvalue weighted by atomic mass is 9.95. The fraction of sp³-hybridized carbons (Fsp3) is 0.281. The average Bonchev–Trinajstić information content (AvgIpc) is 3.34. The second-order valence-electron chi connectivity index (χ2n) is 10.8. The van der Waals surface area contributed by atoms with Crippen molar-refractivity contribution in [2.45, 2.75) is 32.6 Å². The van der Waals surface area contributed by atoms with Crippen LogP contribution in [0.4, 0.5) is 30.4 Å². The minimum absolute atomic E-state index is 0.154. The van der Waals surface area contributed by atoms with E-state index in [1.807, 2.05) is 24.3 Å². The van der Waals surface area contributed by atoms with Crippen LogP contribution in [0.25, 0.3) is 10.4 Å². The summed E-state index contributed by atoms with van der Waals surface area (Å²) in [6.07, 6.45) is 0.822. The lowest BCUT2D eigenvalue weighted by Gasteiger charge is -2.37. The average molecular weight is 591 g/mol. The highest BCUT2D eigenvalue weighted by atomic mass is 32.1. The SMILES string of the molecule is Cc1cccc(F)c1NC(=O)c1cc2c(s1)-c1ccccc1N(C(=O)c1cccc(N3CCC(C)C(F)(F)C3)n1)CC2. The van der Waals surface area contributed by atoms with Gasteiger partial charge >= 0.3 is 0 Å². The molecule has 1 atom stereocenters. The zero-order chi connectivity index (χ0) is 29.6. The van der Waals surface area contributed by atoms with Crippen LogP contribution in [0.5, 0.6) is 0 Å². The molecule has 2 aliphatic heterocycles. The number of piperidine rings is 1. The van der Waals surface area contributed by atoms with Crippen molar-refractivity contribution in [3.63, 3.8) is 0 Å². The van der Waals surface area contributed by atoms with Crippen LogP contribution in [0.15, 0.2) is 66.7 Å². The number of halogens is 3. The Labute approximate surface area is 245 Å². The lowest BCUT2D eigenvalue weighted by molar-refractivity contribution is -0.0573. The van der Waals surface area contributed by atoms with Gasteiger partial charge in [0.2, 0.25) is 0 Å². The van der Waals surface area contributed by atoms with Crippen molar-refractivity contribution < 1.29 is 22.8 Å². The topological polar surface area (TPSA) is 65.5 Å². The van der Waals surface area contributed by atoms with Crippen LogP contribution in [0.3, 0.4) is 0 Å². The minimum atomic E-state index is -2.83. The van der Waals surface area contributed by atoms with Crippen molar-refractivity contribution >= 4 is 40.3 Å². The molecule has 2 aromatic carbocycles. The Morgan fingerprint density at radius 3 is 2.62 bits per heavy atom. The molecule has 1 N–H and O–H groups in total. The number of thiophene rings is 1. The van der Waals surface area contributed by atoms with Gasteiger partial charge in [0.05, 0.1) is 22.8 Å². The first-order valence-electron chi connectivity index (χ1n) is 13.8. The van der Waals surface area contributed by atoms with Crippen LogP contribution < -0.4 is 15.1 Å². The van der Waals surface area contributed by atoms with Crippen molar-refractivity contribution in [1.29, 1.82) is 0 Å². The molecule has 10 heteroatoms. The quantitative estimate of drug-likeness (QED) is 0.273. The number of carbonyl (C=O) groups is 2. The molecule has 2 aliphatic rings. The third-order valence-corrected chi connectivity index (χ3v) is 9.22. The summed E-state index contributed by atoms with van der Waals surface area (Å²) in [6, 6.07) is 18.8. The molecule has 2 aromatic heterocycles. The van der Waals surface area contributed by atoms with E-state index in [1.165, 1.54) is 17.4 Å². The molecular weight excluding hydrogens is 561 g/mol.